The van der Waals surface area contributed by atoms with E-state index >= 15 is 0 Å². The fourth-order valence-electron chi connectivity index (χ4n) is 3.01. The number of benzene rings is 2. The van der Waals surface area contributed by atoms with Gasteiger partial charge < -0.3 is 0 Å². The van der Waals surface area contributed by atoms with E-state index in [1.807, 2.05) is 68.4 Å². The van der Waals surface area contributed by atoms with Crippen molar-refractivity contribution in [2.45, 2.75) is 13.8 Å². The molecular weight excluding hydrogens is 380 g/mol. The number of fused-ring (bicyclic) bond motifs is 1. The zero-order valence-electron chi connectivity index (χ0n) is 13.8. The van der Waals surface area contributed by atoms with Crippen LogP contribution in [0.25, 0.3) is 22.3 Å². The van der Waals surface area contributed by atoms with Gasteiger partial charge in [0.2, 0.25) is 0 Å². The van der Waals surface area contributed by atoms with E-state index in [0.29, 0.717) is 5.52 Å². The first-order chi connectivity index (χ1) is 12.1. The maximum atomic E-state index is 12.9. The van der Waals surface area contributed by atoms with Crippen molar-refractivity contribution in [3.05, 3.63) is 80.8 Å². The highest BCUT2D eigenvalue weighted by Gasteiger charge is 2.17. The third-order valence-electron chi connectivity index (χ3n) is 4.20. The lowest BCUT2D eigenvalue weighted by Crippen LogP contribution is -2.22. The molecule has 0 spiro atoms. The van der Waals surface area contributed by atoms with Crippen LogP contribution < -0.4 is 5.56 Å². The minimum atomic E-state index is -0.217. The SMILES string of the molecule is Cc1nn(-c2ccccc2)c(=O)c2nn(-c3ccc(Br)cc3)c(C)c12. The van der Waals surface area contributed by atoms with Gasteiger partial charge in [-0.15, -0.1) is 0 Å². The second kappa shape index (κ2) is 5.97. The largest absolute Gasteiger partial charge is 0.299 e. The van der Waals surface area contributed by atoms with Gasteiger partial charge in [0.05, 0.1) is 28.1 Å². The number of hydrogen-bond acceptors (Lipinski definition) is 3. The van der Waals surface area contributed by atoms with Crippen molar-refractivity contribution in [2.24, 2.45) is 0 Å². The van der Waals surface area contributed by atoms with E-state index in [0.717, 1.165) is 32.6 Å². The summed E-state index contributed by atoms with van der Waals surface area (Å²) in [5, 5.41) is 9.89. The Bertz CT molecular complexity index is 1130. The molecule has 0 bridgehead atoms. The van der Waals surface area contributed by atoms with Crippen LogP contribution in [0.1, 0.15) is 11.4 Å². The summed E-state index contributed by atoms with van der Waals surface area (Å²) in [5.41, 5.74) is 3.52. The molecule has 0 unspecified atom stereocenters. The van der Waals surface area contributed by atoms with Crippen LogP contribution in [-0.4, -0.2) is 19.6 Å². The predicted molar refractivity (Wildman–Crippen MR) is 102 cm³/mol. The molecule has 2 aromatic carbocycles. The van der Waals surface area contributed by atoms with E-state index in [1.54, 1.807) is 4.68 Å². The van der Waals surface area contributed by atoms with Gasteiger partial charge >= 0.3 is 0 Å². The van der Waals surface area contributed by atoms with Crippen molar-refractivity contribution in [1.82, 2.24) is 19.6 Å². The topological polar surface area (TPSA) is 52.7 Å². The molecule has 0 aliphatic heterocycles. The minimum absolute atomic E-state index is 0.217. The fourth-order valence-corrected chi connectivity index (χ4v) is 3.27. The summed E-state index contributed by atoms with van der Waals surface area (Å²) in [4.78, 5) is 12.9. The summed E-state index contributed by atoms with van der Waals surface area (Å²) in [6, 6.07) is 17.2. The van der Waals surface area contributed by atoms with E-state index in [-0.39, 0.29) is 5.56 Å². The first-order valence-electron chi connectivity index (χ1n) is 7.87. The Labute approximate surface area is 152 Å². The standard InChI is InChI=1S/C19H15BrN4O/c1-12-17-13(2)23(16-10-8-14(20)9-11-16)22-18(17)19(25)24(21-12)15-6-4-3-5-7-15/h3-11H,1-2H3. The number of hydrogen-bond donors (Lipinski definition) is 0. The smallest absolute Gasteiger partial charge is 0.265 e. The summed E-state index contributed by atoms with van der Waals surface area (Å²) >= 11 is 3.44. The number of rotatable bonds is 2. The number of halogens is 1. The van der Waals surface area contributed by atoms with Crippen LogP contribution >= 0.6 is 15.9 Å². The molecule has 2 heterocycles. The molecule has 2 aromatic heterocycles. The average Bonchev–Trinajstić information content (AvgIpc) is 2.98. The van der Waals surface area contributed by atoms with Crippen LogP contribution in [0, 0.1) is 13.8 Å². The predicted octanol–water partition coefficient (Wildman–Crippen LogP) is 3.95. The average molecular weight is 395 g/mol. The molecule has 0 fully saturated rings. The maximum absolute atomic E-state index is 12.9. The molecule has 6 heteroatoms. The summed E-state index contributed by atoms with van der Waals surface area (Å²) in [6.07, 6.45) is 0. The van der Waals surface area contributed by atoms with E-state index in [4.69, 9.17) is 0 Å². The van der Waals surface area contributed by atoms with Crippen molar-refractivity contribution >= 4 is 26.8 Å². The van der Waals surface area contributed by atoms with Crippen molar-refractivity contribution < 1.29 is 0 Å². The molecule has 0 amide bonds. The number of nitrogens with zero attached hydrogens (tertiary/aromatic N) is 4. The van der Waals surface area contributed by atoms with Gasteiger partial charge in [-0.2, -0.15) is 14.9 Å². The zero-order valence-corrected chi connectivity index (χ0v) is 15.4. The van der Waals surface area contributed by atoms with Crippen molar-refractivity contribution in [2.75, 3.05) is 0 Å². The number of para-hydroxylation sites is 1. The molecule has 0 atom stereocenters. The van der Waals surface area contributed by atoms with Crippen molar-refractivity contribution in [3.63, 3.8) is 0 Å². The van der Waals surface area contributed by atoms with E-state index in [9.17, 15) is 4.79 Å². The highest BCUT2D eigenvalue weighted by atomic mass is 79.9. The zero-order chi connectivity index (χ0) is 17.6. The number of aryl methyl sites for hydroxylation is 2. The first kappa shape index (κ1) is 15.8. The molecule has 124 valence electrons. The molecule has 0 radical (unpaired) electrons. The molecule has 4 rings (SSSR count). The Morgan fingerprint density at radius 1 is 0.840 bits per heavy atom. The first-order valence-corrected chi connectivity index (χ1v) is 8.66. The van der Waals surface area contributed by atoms with Crippen LogP contribution in [0.2, 0.25) is 0 Å². The van der Waals surface area contributed by atoms with Gasteiger partial charge in [-0.05, 0) is 50.2 Å². The molecule has 0 saturated carbocycles. The summed E-state index contributed by atoms with van der Waals surface area (Å²) in [7, 11) is 0. The lowest BCUT2D eigenvalue weighted by Gasteiger charge is -2.06. The molecule has 5 nitrogen and oxygen atoms in total. The molecule has 25 heavy (non-hydrogen) atoms. The monoisotopic (exact) mass is 394 g/mol. The van der Waals surface area contributed by atoms with Gasteiger partial charge in [-0.1, -0.05) is 34.1 Å². The lowest BCUT2D eigenvalue weighted by atomic mass is 10.2. The van der Waals surface area contributed by atoms with Gasteiger partial charge in [0.1, 0.15) is 0 Å². The Hall–Kier alpha value is -2.73. The number of aromatic nitrogens is 4. The highest BCUT2D eigenvalue weighted by molar-refractivity contribution is 9.10. The molecular formula is C19H15BrN4O. The molecule has 0 saturated heterocycles. The third-order valence-corrected chi connectivity index (χ3v) is 4.72. The molecule has 0 aliphatic rings. The van der Waals surface area contributed by atoms with E-state index < -0.39 is 0 Å². The van der Waals surface area contributed by atoms with Crippen molar-refractivity contribution in [3.8, 4) is 11.4 Å². The van der Waals surface area contributed by atoms with Gasteiger partial charge in [0.15, 0.2) is 5.52 Å². The van der Waals surface area contributed by atoms with Crippen LogP contribution in [0.15, 0.2) is 63.9 Å². The van der Waals surface area contributed by atoms with E-state index in [1.165, 1.54) is 4.68 Å². The summed E-state index contributed by atoms with van der Waals surface area (Å²) in [5.74, 6) is 0. The Morgan fingerprint density at radius 3 is 2.16 bits per heavy atom. The summed E-state index contributed by atoms with van der Waals surface area (Å²) in [6.45, 7) is 3.86. The van der Waals surface area contributed by atoms with E-state index in [2.05, 4.69) is 26.1 Å². The Kier molecular flexibility index (Phi) is 3.77. The van der Waals surface area contributed by atoms with Crippen LogP contribution in [0.3, 0.4) is 0 Å². The lowest BCUT2D eigenvalue weighted by molar-refractivity contribution is 0.796. The van der Waals surface area contributed by atoms with Gasteiger partial charge in [-0.25, -0.2) is 4.68 Å². The van der Waals surface area contributed by atoms with Gasteiger partial charge in [0, 0.05) is 4.47 Å². The van der Waals surface area contributed by atoms with Crippen LogP contribution in [-0.2, 0) is 0 Å². The van der Waals surface area contributed by atoms with Crippen LogP contribution in [0.5, 0.6) is 0 Å². The van der Waals surface area contributed by atoms with Gasteiger partial charge in [-0.3, -0.25) is 4.79 Å². The molecule has 0 N–H and O–H groups in total. The Balaban J connectivity index is 2.00. The minimum Gasteiger partial charge on any atom is -0.265 e. The van der Waals surface area contributed by atoms with Crippen molar-refractivity contribution in [1.29, 1.82) is 0 Å². The fraction of sp³-hybridized carbons (Fsp3) is 0.105. The quantitative estimate of drug-likeness (QED) is 0.517. The molecule has 4 aromatic rings. The maximum Gasteiger partial charge on any atom is 0.299 e. The Morgan fingerprint density at radius 2 is 1.48 bits per heavy atom. The summed E-state index contributed by atoms with van der Waals surface area (Å²) < 4.78 is 4.20. The normalized spacial score (nSPS) is 11.2. The second-order valence-corrected chi connectivity index (χ2v) is 6.75. The van der Waals surface area contributed by atoms with Crippen LogP contribution in [0.4, 0.5) is 0 Å². The van der Waals surface area contributed by atoms with Gasteiger partial charge in [0.25, 0.3) is 5.56 Å². The second-order valence-electron chi connectivity index (χ2n) is 5.84. The highest BCUT2D eigenvalue weighted by Crippen LogP contribution is 2.22. The molecule has 0 aliphatic carbocycles. The third kappa shape index (κ3) is 2.59.